The summed E-state index contributed by atoms with van der Waals surface area (Å²) in [5.41, 5.74) is 4.47. The molecule has 0 atom stereocenters. The lowest BCUT2D eigenvalue weighted by Gasteiger charge is -2.33. The van der Waals surface area contributed by atoms with Crippen LogP contribution in [0.5, 0.6) is 0 Å². The van der Waals surface area contributed by atoms with Gasteiger partial charge in [0, 0.05) is 0 Å². The van der Waals surface area contributed by atoms with Crippen LogP contribution in [0.15, 0.2) is 48.5 Å². The van der Waals surface area contributed by atoms with Gasteiger partial charge >= 0.3 is 0 Å². The smallest absolute Gasteiger partial charge is 0.110 e. The number of hydrogen-bond acceptors (Lipinski definition) is 0. The van der Waals surface area contributed by atoms with Crippen LogP contribution in [0.4, 0.5) is 4.39 Å². The zero-order chi connectivity index (χ0) is 18.4. The van der Waals surface area contributed by atoms with Crippen LogP contribution < -0.4 is 0 Å². The highest BCUT2D eigenvalue weighted by Gasteiger charge is 2.33. The highest BCUT2D eigenvalue weighted by Crippen LogP contribution is 2.42. The Morgan fingerprint density at radius 1 is 0.846 bits per heavy atom. The van der Waals surface area contributed by atoms with Gasteiger partial charge in [-0.15, -0.1) is 0 Å². The predicted molar refractivity (Wildman–Crippen MR) is 110 cm³/mol. The molecule has 2 aromatic carbocycles. The molecule has 1 fully saturated rings. The Labute approximate surface area is 158 Å². The molecule has 0 N–H and O–H groups in total. The second-order valence-corrected chi connectivity index (χ2v) is 8.05. The van der Waals surface area contributed by atoms with Gasteiger partial charge in [0.25, 0.3) is 0 Å². The quantitative estimate of drug-likeness (QED) is 0.445. The van der Waals surface area contributed by atoms with Gasteiger partial charge in [-0.3, -0.25) is 0 Å². The third-order valence-corrected chi connectivity index (χ3v) is 6.25. The molecular weight excluding hydrogens is 319 g/mol. The van der Waals surface area contributed by atoms with Crippen molar-refractivity contribution in [2.75, 3.05) is 0 Å². The van der Waals surface area contributed by atoms with E-state index >= 15 is 0 Å². The zero-order valence-electron chi connectivity index (χ0n) is 16.4. The van der Waals surface area contributed by atoms with E-state index in [0.717, 1.165) is 25.7 Å². The van der Waals surface area contributed by atoms with Crippen molar-refractivity contribution in [3.63, 3.8) is 0 Å². The number of rotatable bonds is 7. The van der Waals surface area contributed by atoms with E-state index in [1.165, 1.54) is 47.9 Å². The molecule has 1 heteroatoms. The van der Waals surface area contributed by atoms with Crippen LogP contribution >= 0.6 is 0 Å². The molecule has 140 valence electrons. The molecule has 2 aromatic rings. The molecule has 0 nitrogen and oxygen atoms in total. The third kappa shape index (κ3) is 4.75. The van der Waals surface area contributed by atoms with E-state index in [4.69, 9.17) is 0 Å². The molecular formula is C25H33F. The maximum Gasteiger partial charge on any atom is 0.110 e. The molecule has 0 aromatic heterocycles. The first kappa shape index (κ1) is 19.1. The first-order valence-electron chi connectivity index (χ1n) is 10.5. The predicted octanol–water partition coefficient (Wildman–Crippen LogP) is 7.86. The van der Waals surface area contributed by atoms with Gasteiger partial charge in [-0.2, -0.15) is 0 Å². The Bertz CT molecular complexity index is 660. The molecule has 0 heterocycles. The van der Waals surface area contributed by atoms with Crippen LogP contribution in [0.1, 0.15) is 82.3 Å². The fraction of sp³-hybridized carbons (Fsp3) is 0.520. The van der Waals surface area contributed by atoms with Crippen LogP contribution in [0.25, 0.3) is 11.1 Å². The average Bonchev–Trinajstić information content (AvgIpc) is 2.70. The van der Waals surface area contributed by atoms with Crippen molar-refractivity contribution in [1.82, 2.24) is 0 Å². The number of benzene rings is 2. The van der Waals surface area contributed by atoms with E-state index in [2.05, 4.69) is 55.5 Å². The molecule has 0 saturated heterocycles. The third-order valence-electron chi connectivity index (χ3n) is 6.25. The fourth-order valence-electron chi connectivity index (χ4n) is 4.21. The summed E-state index contributed by atoms with van der Waals surface area (Å²) < 4.78 is 14.4. The van der Waals surface area contributed by atoms with E-state index in [1.807, 2.05) is 6.92 Å². The Hall–Kier alpha value is -1.63. The van der Waals surface area contributed by atoms with Crippen LogP contribution in [0.3, 0.4) is 0 Å². The van der Waals surface area contributed by atoms with E-state index in [0.29, 0.717) is 12.3 Å². The summed E-state index contributed by atoms with van der Waals surface area (Å²) in [5.74, 6) is 0.528. The zero-order valence-corrected chi connectivity index (χ0v) is 16.4. The molecule has 0 amide bonds. The molecule has 1 saturated carbocycles. The Morgan fingerprint density at radius 2 is 1.42 bits per heavy atom. The number of hydrogen-bond donors (Lipinski definition) is 0. The van der Waals surface area contributed by atoms with Crippen LogP contribution in [-0.2, 0) is 6.42 Å². The molecule has 26 heavy (non-hydrogen) atoms. The monoisotopic (exact) mass is 352 g/mol. The molecule has 0 unspecified atom stereocenters. The molecule has 1 aliphatic carbocycles. The van der Waals surface area contributed by atoms with Gasteiger partial charge in [0.15, 0.2) is 0 Å². The summed E-state index contributed by atoms with van der Waals surface area (Å²) in [6.07, 6.45) is 9.11. The lowest BCUT2D eigenvalue weighted by Crippen LogP contribution is -2.27. The van der Waals surface area contributed by atoms with Crippen molar-refractivity contribution >= 4 is 0 Å². The minimum absolute atomic E-state index is 0.528. The molecule has 3 rings (SSSR count). The number of halogens is 1. The first-order valence-corrected chi connectivity index (χ1v) is 10.5. The van der Waals surface area contributed by atoms with Crippen molar-refractivity contribution in [3.05, 3.63) is 59.7 Å². The normalized spacial score (nSPS) is 23.1. The lowest BCUT2D eigenvalue weighted by atomic mass is 9.76. The van der Waals surface area contributed by atoms with E-state index < -0.39 is 5.67 Å². The summed E-state index contributed by atoms with van der Waals surface area (Å²) in [5, 5.41) is 0. The fourth-order valence-corrected chi connectivity index (χ4v) is 4.21. The summed E-state index contributed by atoms with van der Waals surface area (Å²) >= 11 is 0. The second-order valence-electron chi connectivity index (χ2n) is 8.05. The van der Waals surface area contributed by atoms with Gasteiger partial charge in [-0.05, 0) is 73.1 Å². The lowest BCUT2D eigenvalue weighted by molar-refractivity contribution is 0.0940. The summed E-state index contributed by atoms with van der Waals surface area (Å²) in [7, 11) is 0. The molecule has 0 spiro atoms. The summed E-state index contributed by atoms with van der Waals surface area (Å²) in [6.45, 7) is 4.22. The molecule has 1 aliphatic rings. The Balaban J connectivity index is 1.61. The van der Waals surface area contributed by atoms with Gasteiger partial charge in [0.2, 0.25) is 0 Å². The summed E-state index contributed by atoms with van der Waals surface area (Å²) in [6, 6.07) is 18.0. The minimum atomic E-state index is -0.907. The maximum atomic E-state index is 14.4. The second kappa shape index (κ2) is 8.84. The van der Waals surface area contributed by atoms with Gasteiger partial charge in [-0.1, -0.05) is 75.2 Å². The first-order chi connectivity index (χ1) is 12.6. The van der Waals surface area contributed by atoms with Gasteiger partial charge in [0.1, 0.15) is 5.67 Å². The van der Waals surface area contributed by atoms with Crippen LogP contribution in [0.2, 0.25) is 0 Å². The topological polar surface area (TPSA) is 0 Å². The average molecular weight is 353 g/mol. The Kier molecular flexibility index (Phi) is 6.51. The number of aryl methyl sites for hydroxylation is 1. The van der Waals surface area contributed by atoms with Gasteiger partial charge in [-0.25, -0.2) is 4.39 Å². The SMILES string of the molecule is CCCCCc1ccc(-c2ccc(C3CCC(F)(CC)CC3)cc2)cc1. The van der Waals surface area contributed by atoms with Crippen molar-refractivity contribution in [1.29, 1.82) is 0 Å². The van der Waals surface area contributed by atoms with Crippen molar-refractivity contribution in [2.45, 2.75) is 83.2 Å². The molecule has 0 aliphatic heterocycles. The Morgan fingerprint density at radius 3 is 1.96 bits per heavy atom. The van der Waals surface area contributed by atoms with E-state index in [1.54, 1.807) is 0 Å². The molecule has 0 bridgehead atoms. The maximum absolute atomic E-state index is 14.4. The highest BCUT2D eigenvalue weighted by atomic mass is 19.1. The van der Waals surface area contributed by atoms with Crippen molar-refractivity contribution in [2.24, 2.45) is 0 Å². The standard InChI is InChI=1S/C25H33F/c1-3-5-6-7-20-8-10-21(11-9-20)22-12-14-23(15-13-22)24-16-18-25(26,4-2)19-17-24/h8-15,24H,3-7,16-19H2,1-2H3. The number of alkyl halides is 1. The van der Waals surface area contributed by atoms with Gasteiger partial charge in [0.05, 0.1) is 0 Å². The van der Waals surface area contributed by atoms with E-state index in [-0.39, 0.29) is 0 Å². The van der Waals surface area contributed by atoms with Crippen molar-refractivity contribution in [3.8, 4) is 11.1 Å². The summed E-state index contributed by atoms with van der Waals surface area (Å²) in [4.78, 5) is 0. The minimum Gasteiger partial charge on any atom is -0.244 e. The van der Waals surface area contributed by atoms with Crippen LogP contribution in [0, 0.1) is 0 Å². The van der Waals surface area contributed by atoms with E-state index in [9.17, 15) is 4.39 Å². The highest BCUT2D eigenvalue weighted by molar-refractivity contribution is 5.64. The molecule has 0 radical (unpaired) electrons. The van der Waals surface area contributed by atoms with Crippen molar-refractivity contribution < 1.29 is 4.39 Å². The van der Waals surface area contributed by atoms with Crippen LogP contribution in [-0.4, -0.2) is 5.67 Å². The number of unbranched alkanes of at least 4 members (excludes halogenated alkanes) is 2. The van der Waals surface area contributed by atoms with Gasteiger partial charge < -0.3 is 0 Å². The largest absolute Gasteiger partial charge is 0.244 e.